The number of benzene rings is 1. The van der Waals surface area contributed by atoms with Gasteiger partial charge >= 0.3 is 0 Å². The second kappa shape index (κ2) is 7.00. The Morgan fingerprint density at radius 1 is 1.29 bits per heavy atom. The van der Waals surface area contributed by atoms with E-state index in [1.165, 1.54) is 18.3 Å². The lowest BCUT2D eigenvalue weighted by Crippen LogP contribution is -2.50. The fourth-order valence-electron chi connectivity index (χ4n) is 4.34. The molecule has 6 nitrogen and oxygen atoms in total. The van der Waals surface area contributed by atoms with Crippen LogP contribution in [0, 0.1) is 24.0 Å². The first-order valence-electron chi connectivity index (χ1n) is 9.43. The summed E-state index contributed by atoms with van der Waals surface area (Å²) in [7, 11) is 0. The molecule has 2 amide bonds. The molecule has 2 fully saturated rings. The Morgan fingerprint density at radius 3 is 2.86 bits per heavy atom. The molecule has 0 saturated carbocycles. The number of likely N-dealkylation sites (tertiary alicyclic amines) is 2. The third-order valence-electron chi connectivity index (χ3n) is 5.92. The van der Waals surface area contributed by atoms with Gasteiger partial charge < -0.3 is 9.80 Å². The molecule has 1 spiro atoms. The second-order valence-electron chi connectivity index (χ2n) is 7.71. The van der Waals surface area contributed by atoms with E-state index in [4.69, 9.17) is 0 Å². The molecule has 8 heteroatoms. The zero-order valence-electron chi connectivity index (χ0n) is 15.7. The number of aromatic amines is 1. The van der Waals surface area contributed by atoms with Crippen molar-refractivity contribution in [2.45, 2.75) is 32.7 Å². The van der Waals surface area contributed by atoms with Gasteiger partial charge in [0.1, 0.15) is 0 Å². The molecule has 2 saturated heterocycles. The minimum atomic E-state index is -0.912. The number of nitrogens with one attached hydrogen (secondary N) is 1. The van der Waals surface area contributed by atoms with Crippen LogP contribution >= 0.6 is 0 Å². The van der Waals surface area contributed by atoms with E-state index in [2.05, 4.69) is 10.2 Å². The van der Waals surface area contributed by atoms with Crippen molar-refractivity contribution in [2.24, 2.45) is 5.41 Å². The highest BCUT2D eigenvalue weighted by atomic mass is 19.2. The average molecular weight is 388 g/mol. The van der Waals surface area contributed by atoms with E-state index in [1.54, 1.807) is 16.7 Å². The number of rotatable bonds is 3. The molecule has 2 aliphatic rings. The van der Waals surface area contributed by atoms with Gasteiger partial charge in [-0.2, -0.15) is 5.10 Å². The quantitative estimate of drug-likeness (QED) is 0.879. The van der Waals surface area contributed by atoms with E-state index >= 15 is 0 Å². The first kappa shape index (κ1) is 18.6. The summed E-state index contributed by atoms with van der Waals surface area (Å²) in [4.78, 5) is 29.3. The van der Waals surface area contributed by atoms with Crippen LogP contribution < -0.4 is 0 Å². The van der Waals surface area contributed by atoms with Gasteiger partial charge in [0.05, 0.1) is 17.2 Å². The molecule has 0 unspecified atom stereocenters. The molecule has 2 aliphatic heterocycles. The zero-order chi connectivity index (χ0) is 19.9. The molecule has 4 rings (SSSR count). The molecular formula is C20H22F2N4O2. The smallest absolute Gasteiger partial charge is 0.257 e. The highest BCUT2D eigenvalue weighted by Crippen LogP contribution is 2.41. The van der Waals surface area contributed by atoms with Crippen molar-refractivity contribution in [3.05, 3.63) is 52.9 Å². The number of amides is 2. The van der Waals surface area contributed by atoms with E-state index < -0.39 is 17.0 Å². The van der Waals surface area contributed by atoms with Crippen molar-refractivity contribution in [3.8, 4) is 0 Å². The van der Waals surface area contributed by atoms with Crippen LogP contribution in [0.1, 0.15) is 40.9 Å². The SMILES string of the molecule is Cc1[nH]ncc1C(=O)N1CC[C@]2(CCCN(Cc3cccc(F)c3F)C2=O)C1. The molecule has 0 aliphatic carbocycles. The van der Waals surface area contributed by atoms with E-state index in [0.29, 0.717) is 43.7 Å². The highest BCUT2D eigenvalue weighted by molar-refractivity contribution is 5.96. The number of carbonyl (C=O) groups is 2. The Balaban J connectivity index is 1.51. The molecular weight excluding hydrogens is 366 g/mol. The van der Waals surface area contributed by atoms with Crippen molar-refractivity contribution >= 4 is 11.8 Å². The average Bonchev–Trinajstić information content (AvgIpc) is 3.30. The van der Waals surface area contributed by atoms with E-state index in [1.807, 2.05) is 0 Å². The van der Waals surface area contributed by atoms with E-state index in [-0.39, 0.29) is 23.9 Å². The molecule has 2 aromatic rings. The minimum Gasteiger partial charge on any atom is -0.338 e. The summed E-state index contributed by atoms with van der Waals surface area (Å²) in [6, 6.07) is 4.01. The van der Waals surface area contributed by atoms with E-state index in [9.17, 15) is 18.4 Å². The van der Waals surface area contributed by atoms with Crippen molar-refractivity contribution in [3.63, 3.8) is 0 Å². The van der Waals surface area contributed by atoms with Gasteiger partial charge in [-0.25, -0.2) is 8.78 Å². The van der Waals surface area contributed by atoms with Crippen molar-refractivity contribution in [1.29, 1.82) is 0 Å². The van der Waals surface area contributed by atoms with E-state index in [0.717, 1.165) is 12.5 Å². The summed E-state index contributed by atoms with van der Waals surface area (Å²) in [6.45, 7) is 3.17. The third-order valence-corrected chi connectivity index (χ3v) is 5.92. The third kappa shape index (κ3) is 3.06. The number of aryl methyl sites for hydroxylation is 1. The first-order chi connectivity index (χ1) is 13.4. The van der Waals surface area contributed by atoms with Crippen molar-refractivity contribution in [1.82, 2.24) is 20.0 Å². The van der Waals surface area contributed by atoms with Crippen LogP contribution in [0.25, 0.3) is 0 Å². The molecule has 0 radical (unpaired) electrons. The number of hydrogen-bond acceptors (Lipinski definition) is 3. The zero-order valence-corrected chi connectivity index (χ0v) is 15.7. The monoisotopic (exact) mass is 388 g/mol. The van der Waals surface area contributed by atoms with Crippen LogP contribution in [-0.4, -0.2) is 51.4 Å². The molecule has 148 valence electrons. The van der Waals surface area contributed by atoms with Crippen LogP contribution in [0.15, 0.2) is 24.4 Å². The lowest BCUT2D eigenvalue weighted by atomic mass is 9.78. The predicted molar refractivity (Wildman–Crippen MR) is 97.3 cm³/mol. The van der Waals surface area contributed by atoms with Gasteiger partial charge in [-0.15, -0.1) is 0 Å². The van der Waals surface area contributed by atoms with Gasteiger partial charge in [0, 0.05) is 37.4 Å². The number of hydrogen-bond donors (Lipinski definition) is 1. The number of halogens is 2. The topological polar surface area (TPSA) is 69.3 Å². The number of nitrogens with zero attached hydrogens (tertiary/aromatic N) is 3. The van der Waals surface area contributed by atoms with Gasteiger partial charge in [-0.3, -0.25) is 14.7 Å². The van der Waals surface area contributed by atoms with Gasteiger partial charge in [0.15, 0.2) is 11.6 Å². The van der Waals surface area contributed by atoms with Crippen LogP contribution in [-0.2, 0) is 11.3 Å². The second-order valence-corrected chi connectivity index (χ2v) is 7.71. The maximum absolute atomic E-state index is 14.0. The van der Waals surface area contributed by atoms with Gasteiger partial charge in [-0.1, -0.05) is 12.1 Å². The molecule has 3 heterocycles. The Morgan fingerprint density at radius 2 is 2.11 bits per heavy atom. The highest BCUT2D eigenvalue weighted by Gasteiger charge is 2.49. The number of carbonyl (C=O) groups excluding carboxylic acids is 2. The summed E-state index contributed by atoms with van der Waals surface area (Å²) in [5.41, 5.74) is 0.739. The molecule has 1 aromatic carbocycles. The number of aromatic nitrogens is 2. The van der Waals surface area contributed by atoms with Gasteiger partial charge in [0.25, 0.3) is 5.91 Å². The predicted octanol–water partition coefficient (Wildman–Crippen LogP) is 2.65. The van der Waals surface area contributed by atoms with Crippen LogP contribution in [0.2, 0.25) is 0 Å². The number of piperidine rings is 1. The fraction of sp³-hybridized carbons (Fsp3) is 0.450. The summed E-state index contributed by atoms with van der Waals surface area (Å²) < 4.78 is 27.5. The fourth-order valence-corrected chi connectivity index (χ4v) is 4.34. The van der Waals surface area contributed by atoms with Crippen molar-refractivity contribution in [2.75, 3.05) is 19.6 Å². The summed E-state index contributed by atoms with van der Waals surface area (Å²) in [6.07, 6.45) is 3.55. The summed E-state index contributed by atoms with van der Waals surface area (Å²) in [5, 5.41) is 6.65. The number of H-pyrrole nitrogens is 1. The Hall–Kier alpha value is -2.77. The van der Waals surface area contributed by atoms with Crippen LogP contribution in [0.4, 0.5) is 8.78 Å². The standard InChI is InChI=1S/C20H22F2N4O2/c1-13-15(10-23-24-13)18(27)26-9-7-20(12-26)6-3-8-25(19(20)28)11-14-4-2-5-16(21)17(14)22/h2,4-5,10H,3,6-9,11-12H2,1H3,(H,23,24)/t20-/m1/s1. The summed E-state index contributed by atoms with van der Waals surface area (Å²) >= 11 is 0. The maximum atomic E-state index is 14.0. The molecule has 28 heavy (non-hydrogen) atoms. The maximum Gasteiger partial charge on any atom is 0.257 e. The Kier molecular flexibility index (Phi) is 4.64. The van der Waals surface area contributed by atoms with Gasteiger partial charge in [0.2, 0.25) is 5.91 Å². The Labute approximate surface area is 161 Å². The van der Waals surface area contributed by atoms with Crippen LogP contribution in [0.5, 0.6) is 0 Å². The minimum absolute atomic E-state index is 0.0406. The summed E-state index contributed by atoms with van der Waals surface area (Å²) in [5.74, 6) is -2.04. The van der Waals surface area contributed by atoms with Gasteiger partial charge in [-0.05, 0) is 32.3 Å². The van der Waals surface area contributed by atoms with Crippen LogP contribution in [0.3, 0.4) is 0 Å². The first-order valence-corrected chi connectivity index (χ1v) is 9.43. The normalized spacial score (nSPS) is 22.3. The molecule has 1 atom stereocenters. The molecule has 0 bridgehead atoms. The van der Waals surface area contributed by atoms with Crippen molar-refractivity contribution < 1.29 is 18.4 Å². The molecule has 1 N–H and O–H groups in total. The lowest BCUT2D eigenvalue weighted by molar-refractivity contribution is -0.146. The largest absolute Gasteiger partial charge is 0.338 e. The lowest BCUT2D eigenvalue weighted by Gasteiger charge is -2.39. The Bertz CT molecular complexity index is 929. The molecule has 1 aromatic heterocycles.